The molecule has 1 amide bonds. The van der Waals surface area contributed by atoms with Gasteiger partial charge in [-0.25, -0.2) is 10.5 Å². The summed E-state index contributed by atoms with van der Waals surface area (Å²) < 4.78 is 28.9. The number of fused-ring (bicyclic) bond motifs is 2. The molecule has 14 heteroatoms. The zero-order chi connectivity index (χ0) is 38.9. The largest absolute Gasteiger partial charge is 0.502 e. The molecule has 0 radical (unpaired) electrons. The minimum atomic E-state index is -3.01. The molecule has 1 aliphatic carbocycles. The predicted molar refractivity (Wildman–Crippen MR) is 210 cm³/mol. The fourth-order valence-electron chi connectivity index (χ4n) is 7.75. The van der Waals surface area contributed by atoms with E-state index in [1.165, 1.54) is 25.6 Å². The maximum atomic E-state index is 13.5. The van der Waals surface area contributed by atoms with Crippen molar-refractivity contribution in [2.24, 2.45) is 5.92 Å². The summed E-state index contributed by atoms with van der Waals surface area (Å²) in [6.07, 6.45) is 0.167. The summed E-state index contributed by atoms with van der Waals surface area (Å²) in [5, 5.41) is 28.8. The Balaban J connectivity index is 1.14. The van der Waals surface area contributed by atoms with E-state index in [0.29, 0.717) is 33.5 Å². The van der Waals surface area contributed by atoms with Crippen molar-refractivity contribution in [3.63, 3.8) is 0 Å². The fourth-order valence-corrected chi connectivity index (χ4v) is 12.7. The lowest BCUT2D eigenvalue weighted by Gasteiger charge is -2.41. The molecule has 0 bridgehead atoms. The van der Waals surface area contributed by atoms with Crippen molar-refractivity contribution >= 4 is 47.0 Å². The van der Waals surface area contributed by atoms with Gasteiger partial charge in [0, 0.05) is 11.3 Å². The minimum absolute atomic E-state index is 0.0271. The average molecular weight is 782 g/mol. The Morgan fingerprint density at radius 3 is 2.04 bits per heavy atom. The molecule has 0 fully saturated rings. The molecule has 1 aliphatic heterocycles. The number of hydroxylamine groups is 1. The Morgan fingerprint density at radius 2 is 1.49 bits per heavy atom. The SMILES string of the molecule is COc1cc([C@@H]2c3cc4c(cc3[C@@H](Nc3nc(CC(=O)NO[Si](c5ccccc5)(c5ccccc5)C(C)(C)C)cs3)C[C@@H]2C(=O)O)OCO4)cc(OC)c1O. The van der Waals surface area contributed by atoms with Gasteiger partial charge in [0.25, 0.3) is 8.32 Å². The zero-order valence-corrected chi connectivity index (χ0v) is 32.9. The van der Waals surface area contributed by atoms with Gasteiger partial charge in [0.2, 0.25) is 18.4 Å². The van der Waals surface area contributed by atoms with E-state index >= 15 is 0 Å². The number of nitrogens with one attached hydrogen (secondary N) is 2. The van der Waals surface area contributed by atoms with Gasteiger partial charge in [0.15, 0.2) is 28.1 Å². The van der Waals surface area contributed by atoms with E-state index in [1.54, 1.807) is 17.5 Å². The first-order valence-corrected chi connectivity index (χ1v) is 20.6. The normalized spacial score (nSPS) is 17.6. The van der Waals surface area contributed by atoms with Crippen LogP contribution in [-0.2, 0) is 20.5 Å². The van der Waals surface area contributed by atoms with E-state index in [1.807, 2.05) is 48.5 Å². The quantitative estimate of drug-likeness (QED) is 0.0853. The van der Waals surface area contributed by atoms with Crippen molar-refractivity contribution in [3.8, 4) is 28.7 Å². The minimum Gasteiger partial charge on any atom is -0.502 e. The molecule has 0 unspecified atom stereocenters. The molecule has 0 saturated carbocycles. The molecule has 4 aromatic carbocycles. The predicted octanol–water partition coefficient (Wildman–Crippen LogP) is 6.13. The Labute approximate surface area is 324 Å². The number of anilines is 1. The summed E-state index contributed by atoms with van der Waals surface area (Å²) in [6.45, 7) is 6.45. The summed E-state index contributed by atoms with van der Waals surface area (Å²) in [6, 6.07) is 26.6. The Kier molecular flexibility index (Phi) is 10.5. The van der Waals surface area contributed by atoms with Crippen LogP contribution in [0.15, 0.2) is 90.3 Å². The number of nitrogens with zero attached hydrogens (tertiary/aromatic N) is 1. The second-order valence-electron chi connectivity index (χ2n) is 14.6. The van der Waals surface area contributed by atoms with Crippen LogP contribution in [0, 0.1) is 5.92 Å². The summed E-state index contributed by atoms with van der Waals surface area (Å²) >= 11 is 1.33. The molecular formula is C41H43N3O9SSi. The number of aliphatic carboxylic acids is 1. The highest BCUT2D eigenvalue weighted by Gasteiger charge is 2.52. The number of amides is 1. The van der Waals surface area contributed by atoms with Crippen molar-refractivity contribution in [1.82, 2.24) is 10.5 Å². The molecule has 4 N–H and O–H groups in total. The first-order valence-electron chi connectivity index (χ1n) is 17.8. The zero-order valence-electron chi connectivity index (χ0n) is 31.1. The summed E-state index contributed by atoms with van der Waals surface area (Å²) in [5.41, 5.74) is 5.46. The third-order valence-electron chi connectivity index (χ3n) is 10.3. The van der Waals surface area contributed by atoms with Gasteiger partial charge in [-0.05, 0) is 62.8 Å². The van der Waals surface area contributed by atoms with Crippen LogP contribution in [0.25, 0.3) is 0 Å². The smallest absolute Gasteiger partial charge is 0.307 e. The number of rotatable bonds is 12. The van der Waals surface area contributed by atoms with Crippen LogP contribution in [-0.4, -0.2) is 56.4 Å². The lowest BCUT2D eigenvalue weighted by atomic mass is 9.69. The summed E-state index contributed by atoms with van der Waals surface area (Å²) in [7, 11) is -0.159. The Hall–Kier alpha value is -5.57. The number of carboxylic acids is 1. The van der Waals surface area contributed by atoms with Crippen LogP contribution < -0.4 is 40.1 Å². The fraction of sp³-hybridized carbons (Fsp3) is 0.293. The third-order valence-corrected chi connectivity index (χ3v) is 15.9. The molecule has 0 spiro atoms. The van der Waals surface area contributed by atoms with Crippen LogP contribution in [0.3, 0.4) is 0 Å². The van der Waals surface area contributed by atoms with Crippen molar-refractivity contribution in [2.45, 2.75) is 50.6 Å². The first kappa shape index (κ1) is 37.7. The number of carbonyl (C=O) groups is 2. The van der Waals surface area contributed by atoms with Crippen molar-refractivity contribution < 1.29 is 43.3 Å². The molecule has 1 aromatic heterocycles. The first-order chi connectivity index (χ1) is 26.4. The monoisotopic (exact) mass is 781 g/mol. The van der Waals surface area contributed by atoms with Crippen molar-refractivity contribution in [1.29, 1.82) is 0 Å². The highest BCUT2D eigenvalue weighted by atomic mass is 32.1. The van der Waals surface area contributed by atoms with Crippen LogP contribution in [0.4, 0.5) is 5.13 Å². The second-order valence-corrected chi connectivity index (χ2v) is 19.7. The molecule has 2 aliphatic rings. The van der Waals surface area contributed by atoms with E-state index in [0.717, 1.165) is 15.9 Å². The maximum absolute atomic E-state index is 13.5. The molecule has 7 rings (SSSR count). The molecular weight excluding hydrogens is 739 g/mol. The lowest BCUT2D eigenvalue weighted by Crippen LogP contribution is -2.68. The number of hydrogen-bond acceptors (Lipinski definition) is 11. The highest BCUT2D eigenvalue weighted by Crippen LogP contribution is 2.52. The van der Waals surface area contributed by atoms with E-state index in [2.05, 4.69) is 55.8 Å². The molecule has 12 nitrogen and oxygen atoms in total. The molecule has 55 heavy (non-hydrogen) atoms. The number of methoxy groups -OCH3 is 2. The number of phenols is 1. The van der Waals surface area contributed by atoms with Crippen LogP contribution in [0.5, 0.6) is 28.7 Å². The van der Waals surface area contributed by atoms with Crippen LogP contribution in [0.2, 0.25) is 5.04 Å². The van der Waals surface area contributed by atoms with Crippen LogP contribution in [0.1, 0.15) is 61.5 Å². The number of phenolic OH excluding ortho intramolecular Hbond substituents is 1. The van der Waals surface area contributed by atoms with Gasteiger partial charge >= 0.3 is 5.97 Å². The number of hydrogen-bond donors (Lipinski definition) is 4. The summed E-state index contributed by atoms with van der Waals surface area (Å²) in [5.74, 6) is -1.66. The number of carboxylic acid groups (broad SMARTS) is 1. The lowest BCUT2D eigenvalue weighted by molar-refractivity contribution is -0.142. The van der Waals surface area contributed by atoms with Crippen molar-refractivity contribution in [2.75, 3.05) is 26.3 Å². The number of ether oxygens (including phenoxy) is 4. The van der Waals surface area contributed by atoms with E-state index < -0.39 is 32.2 Å². The van der Waals surface area contributed by atoms with Crippen LogP contribution >= 0.6 is 11.3 Å². The van der Waals surface area contributed by atoms with Gasteiger partial charge in [-0.2, -0.15) is 0 Å². The number of benzene rings is 4. The van der Waals surface area contributed by atoms with Gasteiger partial charge in [-0.15, -0.1) is 11.3 Å². The maximum Gasteiger partial charge on any atom is 0.307 e. The molecule has 286 valence electrons. The van der Waals surface area contributed by atoms with Gasteiger partial charge in [-0.3, -0.25) is 9.59 Å². The van der Waals surface area contributed by atoms with E-state index in [-0.39, 0.29) is 47.8 Å². The van der Waals surface area contributed by atoms with Gasteiger partial charge in [-0.1, -0.05) is 81.4 Å². The average Bonchev–Trinajstić information content (AvgIpc) is 3.83. The van der Waals surface area contributed by atoms with E-state index in [9.17, 15) is 19.8 Å². The second kappa shape index (κ2) is 15.3. The molecule has 5 aromatic rings. The number of thiazole rings is 1. The summed E-state index contributed by atoms with van der Waals surface area (Å²) in [4.78, 5) is 31.3. The number of aromatic nitrogens is 1. The number of aromatic hydroxyl groups is 1. The van der Waals surface area contributed by atoms with Gasteiger partial charge in [0.1, 0.15) is 0 Å². The standard InChI is InChI=1S/C41H43N3O9SSi/c1-41(2,3)55(26-12-8-6-9-13-26,27-14-10-7-11-15-27)53-44-36(45)18-25-22-54-40(42-25)43-31-19-30(39(47)48)37(24-16-34(49-4)38(46)35(17-24)50-5)29-21-33-32(20-28(29)31)51-23-52-33/h6-17,20-22,30-31,37,46H,18-19,23H2,1-5H3,(H,42,43)(H,44,45)(H,47,48)/t30-,31-,37+/m0/s1. The third kappa shape index (κ3) is 7.20. The molecule has 2 heterocycles. The Bertz CT molecular complexity index is 2130. The van der Waals surface area contributed by atoms with E-state index in [4.69, 9.17) is 28.5 Å². The van der Waals surface area contributed by atoms with Crippen molar-refractivity contribution in [3.05, 3.63) is 113 Å². The Morgan fingerprint density at radius 1 is 0.909 bits per heavy atom. The topological polar surface area (TPSA) is 158 Å². The number of carbonyl (C=O) groups excluding carboxylic acids is 1. The van der Waals surface area contributed by atoms with Gasteiger partial charge in [0.05, 0.1) is 38.3 Å². The molecule has 0 saturated heterocycles. The van der Waals surface area contributed by atoms with Gasteiger partial charge < -0.3 is 39.0 Å². The molecule has 3 atom stereocenters. The highest BCUT2D eigenvalue weighted by molar-refractivity contribution is 7.13.